The van der Waals surface area contributed by atoms with Crippen molar-refractivity contribution in [2.75, 3.05) is 0 Å². The fraction of sp³-hybridized carbons (Fsp3) is 0.455. The fourth-order valence-corrected chi connectivity index (χ4v) is 1.73. The molecular weight excluding hydrogens is 323 g/mol. The molecule has 7 heteroatoms. The zero-order valence-corrected chi connectivity index (χ0v) is 11.0. The molecule has 1 atom stereocenters. The van der Waals surface area contributed by atoms with Crippen LogP contribution in [0, 0.1) is 6.92 Å². The highest BCUT2D eigenvalue weighted by Gasteiger charge is 2.68. The maximum Gasteiger partial charge on any atom is 0.456 e. The van der Waals surface area contributed by atoms with E-state index in [0.717, 1.165) is 12.1 Å². The Balaban J connectivity index is 3.33. The first-order chi connectivity index (χ1) is 7.91. The Kier molecular flexibility index (Phi) is 3.80. The third kappa shape index (κ3) is 2.38. The maximum absolute atomic E-state index is 13.2. The zero-order chi connectivity index (χ0) is 14.4. The number of halogens is 6. The van der Waals surface area contributed by atoms with Crippen molar-refractivity contribution in [3.63, 3.8) is 0 Å². The fourth-order valence-electron chi connectivity index (χ4n) is 1.35. The van der Waals surface area contributed by atoms with Crippen molar-refractivity contribution in [1.82, 2.24) is 0 Å². The third-order valence-corrected chi connectivity index (χ3v) is 3.56. The van der Waals surface area contributed by atoms with Gasteiger partial charge < -0.3 is 5.11 Å². The molecule has 0 spiro atoms. The summed E-state index contributed by atoms with van der Waals surface area (Å²) in [5, 5.41) is 9.57. The van der Waals surface area contributed by atoms with Crippen LogP contribution in [0.25, 0.3) is 0 Å². The van der Waals surface area contributed by atoms with Crippen molar-refractivity contribution < 1.29 is 27.1 Å². The van der Waals surface area contributed by atoms with E-state index in [4.69, 9.17) is 0 Å². The molecule has 102 valence electrons. The summed E-state index contributed by atoms with van der Waals surface area (Å²) in [6, 6.07) is 3.44. The molecule has 0 fully saturated rings. The van der Waals surface area contributed by atoms with E-state index < -0.39 is 23.3 Å². The van der Waals surface area contributed by atoms with Gasteiger partial charge in [-0.15, -0.1) is 0 Å². The van der Waals surface area contributed by atoms with Crippen LogP contribution in [-0.2, 0) is 5.60 Å². The molecule has 0 aliphatic carbocycles. The normalized spacial score (nSPS) is 16.5. The van der Waals surface area contributed by atoms with E-state index in [9.17, 15) is 27.1 Å². The Morgan fingerprint density at radius 1 is 1.11 bits per heavy atom. The third-order valence-electron chi connectivity index (χ3n) is 2.70. The van der Waals surface area contributed by atoms with Gasteiger partial charge in [-0.3, -0.25) is 0 Å². The summed E-state index contributed by atoms with van der Waals surface area (Å²) >= 11 is 3.02. The van der Waals surface area contributed by atoms with E-state index in [1.54, 1.807) is 6.92 Å². The van der Waals surface area contributed by atoms with Gasteiger partial charge in [0.2, 0.25) is 0 Å². The minimum Gasteiger partial charge on any atom is -0.379 e. The van der Waals surface area contributed by atoms with Gasteiger partial charge in [0.15, 0.2) is 5.60 Å². The molecular formula is C11H10BrF5O. The van der Waals surface area contributed by atoms with Crippen molar-refractivity contribution in [1.29, 1.82) is 0 Å². The second-order valence-electron chi connectivity index (χ2n) is 4.11. The molecule has 1 aromatic rings. The molecule has 0 aliphatic rings. The average Bonchev–Trinajstić information content (AvgIpc) is 2.20. The predicted octanol–water partition coefficient (Wildman–Crippen LogP) is 4.16. The topological polar surface area (TPSA) is 20.2 Å². The van der Waals surface area contributed by atoms with Gasteiger partial charge in [-0.1, -0.05) is 28.1 Å². The monoisotopic (exact) mass is 332 g/mol. The van der Waals surface area contributed by atoms with Crippen molar-refractivity contribution >= 4 is 15.9 Å². The number of hydrogen-bond acceptors (Lipinski definition) is 1. The summed E-state index contributed by atoms with van der Waals surface area (Å²) in [4.78, 5) is 0. The molecule has 1 nitrogen and oxygen atoms in total. The van der Waals surface area contributed by atoms with Gasteiger partial charge in [0.1, 0.15) is 0 Å². The summed E-state index contributed by atoms with van der Waals surface area (Å²) in [5.41, 5.74) is -3.19. The summed E-state index contributed by atoms with van der Waals surface area (Å²) in [5.74, 6) is -5.24. The summed E-state index contributed by atoms with van der Waals surface area (Å²) in [6.07, 6.45) is -5.83. The Hall–Kier alpha value is -0.690. The Morgan fingerprint density at radius 3 is 2.00 bits per heavy atom. The van der Waals surface area contributed by atoms with Crippen LogP contribution in [0.3, 0.4) is 0 Å². The molecule has 0 radical (unpaired) electrons. The minimum absolute atomic E-state index is 0.346. The number of benzene rings is 1. The highest BCUT2D eigenvalue weighted by atomic mass is 79.9. The summed E-state index contributed by atoms with van der Waals surface area (Å²) in [6.45, 7) is 2.09. The number of aliphatic hydroxyl groups is 1. The Labute approximate surface area is 109 Å². The van der Waals surface area contributed by atoms with Gasteiger partial charge in [-0.25, -0.2) is 0 Å². The van der Waals surface area contributed by atoms with Gasteiger partial charge in [0.25, 0.3) is 0 Å². The van der Waals surface area contributed by atoms with E-state index in [2.05, 4.69) is 15.9 Å². The summed E-state index contributed by atoms with van der Waals surface area (Å²) in [7, 11) is 0. The van der Waals surface area contributed by atoms with Crippen LogP contribution >= 0.6 is 15.9 Å². The molecule has 0 saturated heterocycles. The largest absolute Gasteiger partial charge is 0.456 e. The van der Waals surface area contributed by atoms with Gasteiger partial charge in [0, 0.05) is 4.47 Å². The van der Waals surface area contributed by atoms with Gasteiger partial charge in [0.05, 0.1) is 0 Å². The summed E-state index contributed by atoms with van der Waals surface area (Å²) < 4.78 is 63.6. The Morgan fingerprint density at radius 2 is 1.61 bits per heavy atom. The maximum atomic E-state index is 13.2. The van der Waals surface area contributed by atoms with E-state index in [1.807, 2.05) is 0 Å². The highest BCUT2D eigenvalue weighted by molar-refractivity contribution is 9.10. The molecule has 0 aromatic heterocycles. The first-order valence-electron chi connectivity index (χ1n) is 4.85. The molecule has 1 rings (SSSR count). The number of rotatable bonds is 2. The van der Waals surface area contributed by atoms with Gasteiger partial charge in [-0.05, 0) is 31.0 Å². The molecule has 1 N–H and O–H groups in total. The second kappa shape index (κ2) is 4.45. The van der Waals surface area contributed by atoms with Gasteiger partial charge in [-0.2, -0.15) is 22.0 Å². The lowest BCUT2D eigenvalue weighted by molar-refractivity contribution is -0.342. The van der Waals surface area contributed by atoms with E-state index >= 15 is 0 Å². The molecule has 18 heavy (non-hydrogen) atoms. The predicted molar refractivity (Wildman–Crippen MR) is 59.5 cm³/mol. The van der Waals surface area contributed by atoms with Gasteiger partial charge >= 0.3 is 12.1 Å². The molecule has 0 bridgehead atoms. The zero-order valence-electron chi connectivity index (χ0n) is 9.45. The lowest BCUT2D eigenvalue weighted by Gasteiger charge is -2.34. The number of alkyl halides is 5. The molecule has 0 amide bonds. The number of hydrogen-bond donors (Lipinski definition) is 1. The van der Waals surface area contributed by atoms with Crippen molar-refractivity contribution in [3.05, 3.63) is 33.8 Å². The van der Waals surface area contributed by atoms with Crippen LogP contribution in [-0.4, -0.2) is 17.2 Å². The lowest BCUT2D eigenvalue weighted by Crippen LogP contribution is -2.53. The van der Waals surface area contributed by atoms with E-state index in [0.29, 0.717) is 17.0 Å². The molecule has 1 unspecified atom stereocenters. The van der Waals surface area contributed by atoms with E-state index in [-0.39, 0.29) is 0 Å². The lowest BCUT2D eigenvalue weighted by atomic mass is 9.88. The first kappa shape index (κ1) is 15.4. The smallest absolute Gasteiger partial charge is 0.379 e. The molecule has 0 aliphatic heterocycles. The SMILES string of the molecule is Cc1ccc(C(C)(O)C(F)(F)C(F)(F)F)cc1Br. The van der Waals surface area contributed by atoms with Crippen LogP contribution in [0.1, 0.15) is 18.1 Å². The second-order valence-corrected chi connectivity index (χ2v) is 4.96. The van der Waals surface area contributed by atoms with Crippen molar-refractivity contribution in [2.45, 2.75) is 31.5 Å². The first-order valence-corrected chi connectivity index (χ1v) is 5.64. The molecule has 0 heterocycles. The average molecular weight is 333 g/mol. The van der Waals surface area contributed by atoms with E-state index in [1.165, 1.54) is 6.07 Å². The minimum atomic E-state index is -5.83. The van der Waals surface area contributed by atoms with Crippen LogP contribution in [0.4, 0.5) is 22.0 Å². The van der Waals surface area contributed by atoms with Crippen molar-refractivity contribution in [2.24, 2.45) is 0 Å². The van der Waals surface area contributed by atoms with Crippen LogP contribution in [0.5, 0.6) is 0 Å². The number of aryl methyl sites for hydroxylation is 1. The van der Waals surface area contributed by atoms with Crippen molar-refractivity contribution in [3.8, 4) is 0 Å². The molecule has 0 saturated carbocycles. The van der Waals surface area contributed by atoms with Crippen LogP contribution < -0.4 is 0 Å². The quantitative estimate of drug-likeness (QED) is 0.806. The highest BCUT2D eigenvalue weighted by Crippen LogP contribution is 2.48. The molecule has 1 aromatic carbocycles. The van der Waals surface area contributed by atoms with Crippen LogP contribution in [0.15, 0.2) is 22.7 Å². The standard InChI is InChI=1S/C11H10BrF5O/c1-6-3-4-7(5-8(6)12)9(2,18)10(13,14)11(15,16)17/h3-5,18H,1-2H3. The van der Waals surface area contributed by atoms with Crippen LogP contribution in [0.2, 0.25) is 0 Å². The Bertz CT molecular complexity index is 453.